The molecule has 2 aromatic rings. The molecule has 0 aliphatic heterocycles. The quantitative estimate of drug-likeness (QED) is 0.617. The fraction of sp³-hybridized carbons (Fsp3) is 0.368. The number of unbranched alkanes of at least 4 members (excludes halogenated alkanes) is 1. The summed E-state index contributed by atoms with van der Waals surface area (Å²) in [5, 5.41) is 6.81. The highest BCUT2D eigenvalue weighted by molar-refractivity contribution is 6.32. The normalized spacial score (nSPS) is 10.3. The van der Waals surface area contributed by atoms with Gasteiger partial charge in [-0.15, -0.1) is 0 Å². The highest BCUT2D eigenvalue weighted by Crippen LogP contribution is 2.35. The van der Waals surface area contributed by atoms with Crippen molar-refractivity contribution in [2.24, 2.45) is 0 Å². The van der Waals surface area contributed by atoms with Crippen LogP contribution in [-0.4, -0.2) is 42.5 Å². The number of carbonyl (C=O) groups is 2. The van der Waals surface area contributed by atoms with Crippen LogP contribution in [0.3, 0.4) is 0 Å². The topological polar surface area (TPSA) is 109 Å². The molecular formula is C19H22ClN3O6. The van der Waals surface area contributed by atoms with E-state index < -0.39 is 18.5 Å². The maximum atomic E-state index is 12.2. The third kappa shape index (κ3) is 5.95. The Kier molecular flexibility index (Phi) is 8.02. The molecule has 0 atom stereocenters. The number of aryl methyl sites for hydroxylation is 1. The number of amides is 1. The van der Waals surface area contributed by atoms with E-state index in [1.165, 1.54) is 43.2 Å². The molecule has 10 heteroatoms. The van der Waals surface area contributed by atoms with Crippen molar-refractivity contribution >= 4 is 29.2 Å². The number of rotatable bonds is 9. The van der Waals surface area contributed by atoms with Crippen LogP contribution >= 0.6 is 11.6 Å². The molecule has 1 N–H and O–H groups in total. The molecule has 156 valence electrons. The van der Waals surface area contributed by atoms with Gasteiger partial charge in [-0.3, -0.25) is 9.59 Å². The van der Waals surface area contributed by atoms with Gasteiger partial charge < -0.3 is 19.5 Å². The van der Waals surface area contributed by atoms with E-state index in [1.807, 2.05) is 6.92 Å². The van der Waals surface area contributed by atoms with Gasteiger partial charge in [0.25, 0.3) is 11.5 Å². The van der Waals surface area contributed by atoms with E-state index in [9.17, 15) is 14.4 Å². The summed E-state index contributed by atoms with van der Waals surface area (Å²) < 4.78 is 16.5. The number of hydrogen-bond acceptors (Lipinski definition) is 7. The minimum Gasteiger partial charge on any atom is -0.495 e. The Morgan fingerprint density at radius 3 is 2.55 bits per heavy atom. The minimum absolute atomic E-state index is 0.0569. The van der Waals surface area contributed by atoms with Gasteiger partial charge in [0.2, 0.25) is 0 Å². The van der Waals surface area contributed by atoms with Crippen LogP contribution in [0.15, 0.2) is 29.1 Å². The van der Waals surface area contributed by atoms with Gasteiger partial charge in [0, 0.05) is 18.7 Å². The summed E-state index contributed by atoms with van der Waals surface area (Å²) in [7, 11) is 2.88. The number of aromatic nitrogens is 2. The second kappa shape index (κ2) is 10.5. The zero-order chi connectivity index (χ0) is 21.4. The SMILES string of the molecule is CCCCn1nc(C(=O)OCC(=O)Nc2cc(Cl)c(OC)cc2OC)ccc1=O. The molecule has 2 rings (SSSR count). The Hall–Kier alpha value is -3.07. The van der Waals surface area contributed by atoms with E-state index in [0.29, 0.717) is 23.7 Å². The van der Waals surface area contributed by atoms with Gasteiger partial charge >= 0.3 is 5.97 Å². The molecule has 0 aliphatic carbocycles. The minimum atomic E-state index is -0.815. The first-order chi connectivity index (χ1) is 13.9. The highest BCUT2D eigenvalue weighted by Gasteiger charge is 2.16. The molecule has 0 saturated heterocycles. The molecule has 9 nitrogen and oxygen atoms in total. The van der Waals surface area contributed by atoms with Crippen molar-refractivity contribution in [3.63, 3.8) is 0 Å². The lowest BCUT2D eigenvalue weighted by Gasteiger charge is -2.13. The molecule has 1 aromatic heterocycles. The van der Waals surface area contributed by atoms with Gasteiger partial charge in [-0.05, 0) is 18.6 Å². The molecule has 0 saturated carbocycles. The number of esters is 1. The number of ether oxygens (including phenoxy) is 3. The molecule has 0 unspecified atom stereocenters. The summed E-state index contributed by atoms with van der Waals surface area (Å²) in [5.74, 6) is -0.699. The summed E-state index contributed by atoms with van der Waals surface area (Å²) in [4.78, 5) is 36.1. The van der Waals surface area contributed by atoms with Crippen LogP contribution in [0, 0.1) is 0 Å². The van der Waals surface area contributed by atoms with Crippen LogP contribution in [0.1, 0.15) is 30.3 Å². The van der Waals surface area contributed by atoms with E-state index in [2.05, 4.69) is 10.4 Å². The van der Waals surface area contributed by atoms with Gasteiger partial charge in [0.15, 0.2) is 12.3 Å². The van der Waals surface area contributed by atoms with Gasteiger partial charge in [-0.25, -0.2) is 9.48 Å². The van der Waals surface area contributed by atoms with Crippen molar-refractivity contribution in [2.45, 2.75) is 26.3 Å². The third-order valence-electron chi connectivity index (χ3n) is 3.88. The second-order valence-corrected chi connectivity index (χ2v) is 6.35. The lowest BCUT2D eigenvalue weighted by atomic mass is 10.2. The Morgan fingerprint density at radius 1 is 1.17 bits per heavy atom. The molecule has 0 spiro atoms. The Bertz CT molecular complexity index is 944. The van der Waals surface area contributed by atoms with E-state index in [4.69, 9.17) is 25.8 Å². The Labute approximate surface area is 172 Å². The maximum Gasteiger partial charge on any atom is 0.359 e. The average Bonchev–Trinajstić information content (AvgIpc) is 2.71. The van der Waals surface area contributed by atoms with Gasteiger partial charge in [0.05, 0.1) is 24.9 Å². The number of nitrogens with zero attached hydrogens (tertiary/aromatic N) is 2. The predicted molar refractivity (Wildman–Crippen MR) is 107 cm³/mol. The fourth-order valence-electron chi connectivity index (χ4n) is 2.37. The first-order valence-corrected chi connectivity index (χ1v) is 9.24. The monoisotopic (exact) mass is 423 g/mol. The zero-order valence-electron chi connectivity index (χ0n) is 16.4. The van der Waals surface area contributed by atoms with E-state index in [-0.39, 0.29) is 16.3 Å². The molecule has 1 aromatic carbocycles. The molecular weight excluding hydrogens is 402 g/mol. The predicted octanol–water partition coefficient (Wildman–Crippen LogP) is 2.51. The molecule has 0 radical (unpaired) electrons. The number of halogens is 1. The molecule has 0 fully saturated rings. The lowest BCUT2D eigenvalue weighted by molar-refractivity contribution is -0.119. The van der Waals surface area contributed by atoms with Gasteiger partial charge in [-0.1, -0.05) is 24.9 Å². The van der Waals surface area contributed by atoms with Crippen molar-refractivity contribution < 1.29 is 23.8 Å². The van der Waals surface area contributed by atoms with Crippen molar-refractivity contribution in [3.8, 4) is 11.5 Å². The van der Waals surface area contributed by atoms with Crippen molar-refractivity contribution in [1.29, 1.82) is 0 Å². The van der Waals surface area contributed by atoms with Crippen molar-refractivity contribution in [3.05, 3.63) is 45.3 Å². The van der Waals surface area contributed by atoms with Crippen LogP contribution in [0.5, 0.6) is 11.5 Å². The van der Waals surface area contributed by atoms with Crippen LogP contribution in [-0.2, 0) is 16.1 Å². The summed E-state index contributed by atoms with van der Waals surface area (Å²) in [6.45, 7) is 1.82. The van der Waals surface area contributed by atoms with Crippen LogP contribution < -0.4 is 20.3 Å². The third-order valence-corrected chi connectivity index (χ3v) is 4.18. The Balaban J connectivity index is 2.01. The maximum absolute atomic E-state index is 12.2. The van der Waals surface area contributed by atoms with Gasteiger partial charge in [0.1, 0.15) is 11.5 Å². The van der Waals surface area contributed by atoms with Crippen molar-refractivity contribution in [2.75, 3.05) is 26.1 Å². The number of carbonyl (C=O) groups excluding carboxylic acids is 2. The van der Waals surface area contributed by atoms with Crippen LogP contribution in [0.25, 0.3) is 0 Å². The standard InChI is InChI=1S/C19H22ClN3O6/c1-4-5-8-23-18(25)7-6-13(22-23)19(26)29-11-17(24)21-14-9-12(20)15(27-2)10-16(14)28-3/h6-7,9-10H,4-5,8,11H2,1-3H3,(H,21,24). The highest BCUT2D eigenvalue weighted by atomic mass is 35.5. The van der Waals surface area contributed by atoms with E-state index in [1.54, 1.807) is 0 Å². The number of benzene rings is 1. The molecule has 1 amide bonds. The second-order valence-electron chi connectivity index (χ2n) is 5.94. The Morgan fingerprint density at radius 2 is 1.90 bits per heavy atom. The van der Waals surface area contributed by atoms with Gasteiger partial charge in [-0.2, -0.15) is 5.10 Å². The first-order valence-electron chi connectivity index (χ1n) is 8.86. The molecule has 29 heavy (non-hydrogen) atoms. The molecule has 0 bridgehead atoms. The number of hydrogen-bond donors (Lipinski definition) is 1. The smallest absolute Gasteiger partial charge is 0.359 e. The summed E-state index contributed by atoms with van der Waals surface area (Å²) in [6.07, 6.45) is 1.63. The van der Waals surface area contributed by atoms with E-state index in [0.717, 1.165) is 12.8 Å². The zero-order valence-corrected chi connectivity index (χ0v) is 17.1. The van der Waals surface area contributed by atoms with Crippen molar-refractivity contribution in [1.82, 2.24) is 9.78 Å². The van der Waals surface area contributed by atoms with Crippen LogP contribution in [0.2, 0.25) is 5.02 Å². The van der Waals surface area contributed by atoms with E-state index >= 15 is 0 Å². The summed E-state index contributed by atoms with van der Waals surface area (Å²) >= 11 is 6.06. The number of nitrogens with one attached hydrogen (secondary N) is 1. The summed E-state index contributed by atoms with van der Waals surface area (Å²) in [5.41, 5.74) is -0.0691. The summed E-state index contributed by atoms with van der Waals surface area (Å²) in [6, 6.07) is 5.48. The molecule has 0 aliphatic rings. The number of methoxy groups -OCH3 is 2. The average molecular weight is 424 g/mol. The lowest BCUT2D eigenvalue weighted by Crippen LogP contribution is -2.26. The van der Waals surface area contributed by atoms with Crippen LogP contribution in [0.4, 0.5) is 5.69 Å². The molecule has 1 heterocycles. The first kappa shape index (κ1) is 22.2. The fourth-order valence-corrected chi connectivity index (χ4v) is 2.62. The number of anilines is 1. The largest absolute Gasteiger partial charge is 0.495 e.